The first kappa shape index (κ1) is 21.6. The monoisotopic (exact) mass is 439 g/mol. The Bertz CT molecular complexity index is 985. The molecule has 0 radical (unpaired) electrons. The summed E-state index contributed by atoms with van der Waals surface area (Å²) >= 11 is 6.12. The first-order valence-corrected chi connectivity index (χ1v) is 11.5. The molecule has 0 saturated carbocycles. The molecule has 0 spiro atoms. The van der Waals surface area contributed by atoms with Crippen molar-refractivity contribution in [1.82, 2.24) is 4.90 Å². The molecule has 0 aromatic heterocycles. The van der Waals surface area contributed by atoms with Crippen LogP contribution in [0.4, 0.5) is 4.39 Å². The zero-order valence-electron chi connectivity index (χ0n) is 16.3. The minimum atomic E-state index is -3.23. The lowest BCUT2D eigenvalue weighted by Gasteiger charge is -2.29. The Kier molecular flexibility index (Phi) is 6.49. The van der Waals surface area contributed by atoms with E-state index in [0.29, 0.717) is 12.2 Å². The van der Waals surface area contributed by atoms with E-state index in [9.17, 15) is 17.6 Å². The van der Waals surface area contributed by atoms with Gasteiger partial charge in [-0.25, -0.2) is 12.8 Å². The average molecular weight is 440 g/mol. The average Bonchev–Trinajstić information content (AvgIpc) is 2.98. The van der Waals surface area contributed by atoms with E-state index < -0.39 is 27.6 Å². The van der Waals surface area contributed by atoms with Crippen molar-refractivity contribution < 1.29 is 22.3 Å². The maximum Gasteiger partial charge on any atom is 0.261 e. The molecule has 1 aliphatic rings. The lowest BCUT2D eigenvalue weighted by atomic mass is 10.1. The van der Waals surface area contributed by atoms with Crippen molar-refractivity contribution in [3.8, 4) is 5.75 Å². The van der Waals surface area contributed by atoms with Gasteiger partial charge in [-0.05, 0) is 55.7 Å². The number of sulfone groups is 1. The van der Waals surface area contributed by atoms with Gasteiger partial charge in [0.15, 0.2) is 16.4 Å². The minimum Gasteiger partial charge on any atom is -0.484 e. The van der Waals surface area contributed by atoms with Crippen molar-refractivity contribution in [3.63, 3.8) is 0 Å². The van der Waals surface area contributed by atoms with Gasteiger partial charge in [0.05, 0.1) is 18.1 Å². The van der Waals surface area contributed by atoms with Gasteiger partial charge in [-0.3, -0.25) is 4.79 Å². The van der Waals surface area contributed by atoms with Gasteiger partial charge in [0, 0.05) is 16.6 Å². The molecule has 2 aromatic carbocycles. The van der Waals surface area contributed by atoms with Crippen LogP contribution in [0.2, 0.25) is 5.02 Å². The summed E-state index contributed by atoms with van der Waals surface area (Å²) in [5.41, 5.74) is 2.17. The zero-order valence-corrected chi connectivity index (χ0v) is 17.9. The molecule has 1 heterocycles. The SMILES string of the molecule is Cc1cc(C)cc(OCC(=O)N(Cc2c(F)cccc2Cl)C2CCS(=O)(=O)C2)c1. The largest absolute Gasteiger partial charge is 0.484 e. The predicted molar refractivity (Wildman–Crippen MR) is 110 cm³/mol. The molecule has 5 nitrogen and oxygen atoms in total. The number of halogens is 2. The first-order valence-electron chi connectivity index (χ1n) is 9.28. The van der Waals surface area contributed by atoms with E-state index in [4.69, 9.17) is 16.3 Å². The minimum absolute atomic E-state index is 0.00435. The first-order chi connectivity index (χ1) is 13.6. The number of carbonyl (C=O) groups is 1. The summed E-state index contributed by atoms with van der Waals surface area (Å²) in [6, 6.07) is 9.38. The fraction of sp³-hybridized carbons (Fsp3) is 0.381. The van der Waals surface area contributed by atoms with Crippen molar-refractivity contribution in [2.45, 2.75) is 32.9 Å². The molecule has 8 heteroatoms. The van der Waals surface area contributed by atoms with Crippen LogP contribution in [-0.4, -0.2) is 43.4 Å². The molecule has 0 aliphatic carbocycles. The molecule has 0 N–H and O–H groups in total. The highest BCUT2D eigenvalue weighted by atomic mass is 35.5. The molecule has 1 amide bonds. The molecule has 29 heavy (non-hydrogen) atoms. The number of aryl methyl sites for hydroxylation is 2. The molecule has 1 aliphatic heterocycles. The molecule has 156 valence electrons. The molecule has 2 aromatic rings. The highest BCUT2D eigenvalue weighted by molar-refractivity contribution is 7.91. The molecule has 1 saturated heterocycles. The fourth-order valence-corrected chi connectivity index (χ4v) is 5.49. The van der Waals surface area contributed by atoms with E-state index in [0.717, 1.165) is 11.1 Å². The Morgan fingerprint density at radius 2 is 1.93 bits per heavy atom. The topological polar surface area (TPSA) is 63.7 Å². The summed E-state index contributed by atoms with van der Waals surface area (Å²) in [4.78, 5) is 14.3. The van der Waals surface area contributed by atoms with E-state index in [2.05, 4.69) is 0 Å². The second kappa shape index (κ2) is 8.71. The standard InChI is InChI=1S/C21H23ClFNO4S/c1-14-8-15(2)10-17(9-14)28-12-21(25)24(16-6-7-29(26,27)13-16)11-18-19(22)4-3-5-20(18)23/h3-5,8-10,16H,6-7,11-13H2,1-2H3. The van der Waals surface area contributed by atoms with Crippen molar-refractivity contribution >= 4 is 27.3 Å². The molecular weight excluding hydrogens is 417 g/mol. The Hall–Kier alpha value is -2.12. The van der Waals surface area contributed by atoms with E-state index in [-0.39, 0.29) is 35.2 Å². The highest BCUT2D eigenvalue weighted by Gasteiger charge is 2.35. The molecule has 1 atom stereocenters. The van der Waals surface area contributed by atoms with E-state index >= 15 is 0 Å². The van der Waals surface area contributed by atoms with Crippen molar-refractivity contribution in [3.05, 3.63) is 63.9 Å². The predicted octanol–water partition coefficient (Wildman–Crippen LogP) is 3.69. The number of carbonyl (C=O) groups excluding carboxylic acids is 1. The maximum atomic E-state index is 14.3. The summed E-state index contributed by atoms with van der Waals surface area (Å²) in [6.45, 7) is 3.47. The molecule has 1 fully saturated rings. The molecule has 3 rings (SSSR count). The van der Waals surface area contributed by atoms with Crippen molar-refractivity contribution in [2.75, 3.05) is 18.1 Å². The Labute approximate surface area is 175 Å². The number of hydrogen-bond donors (Lipinski definition) is 0. The third-order valence-electron chi connectivity index (χ3n) is 4.92. The van der Waals surface area contributed by atoms with Crippen molar-refractivity contribution in [2.24, 2.45) is 0 Å². The van der Waals surface area contributed by atoms with Gasteiger partial charge in [0.1, 0.15) is 11.6 Å². The Morgan fingerprint density at radius 1 is 1.24 bits per heavy atom. The summed E-state index contributed by atoms with van der Waals surface area (Å²) in [7, 11) is -3.23. The maximum absolute atomic E-state index is 14.3. The van der Waals surface area contributed by atoms with Gasteiger partial charge >= 0.3 is 0 Å². The van der Waals surface area contributed by atoms with Gasteiger partial charge in [-0.2, -0.15) is 0 Å². The second-order valence-electron chi connectivity index (χ2n) is 7.39. The third kappa shape index (κ3) is 5.48. The van der Waals surface area contributed by atoms with Gasteiger partial charge in [-0.1, -0.05) is 23.7 Å². The quantitative estimate of drug-likeness (QED) is 0.688. The van der Waals surface area contributed by atoms with Crippen LogP contribution in [0, 0.1) is 19.7 Å². The summed E-state index contributed by atoms with van der Waals surface area (Å²) < 4.78 is 43.8. The van der Waals surface area contributed by atoms with Crippen LogP contribution in [0.25, 0.3) is 0 Å². The lowest BCUT2D eigenvalue weighted by molar-refractivity contribution is -0.136. The van der Waals surface area contributed by atoms with Crippen LogP contribution in [0.15, 0.2) is 36.4 Å². The van der Waals surface area contributed by atoms with Gasteiger partial charge in [-0.15, -0.1) is 0 Å². The summed E-state index contributed by atoms with van der Waals surface area (Å²) in [6.07, 6.45) is 0.309. The molecular formula is C21H23ClFNO4S. The summed E-state index contributed by atoms with van der Waals surface area (Å²) in [5.74, 6) is -0.533. The van der Waals surface area contributed by atoms with Crippen LogP contribution >= 0.6 is 11.6 Å². The van der Waals surface area contributed by atoms with Crippen LogP contribution in [-0.2, 0) is 21.2 Å². The number of hydrogen-bond acceptors (Lipinski definition) is 4. The number of rotatable bonds is 6. The Morgan fingerprint density at radius 3 is 2.52 bits per heavy atom. The summed E-state index contributed by atoms with van der Waals surface area (Å²) in [5, 5.41) is 0.193. The normalized spacial score (nSPS) is 17.9. The van der Waals surface area contributed by atoms with Crippen LogP contribution < -0.4 is 4.74 Å². The third-order valence-corrected chi connectivity index (χ3v) is 7.02. The van der Waals surface area contributed by atoms with Gasteiger partial charge in [0.2, 0.25) is 0 Å². The van der Waals surface area contributed by atoms with E-state index in [1.807, 2.05) is 32.0 Å². The number of amides is 1. The van der Waals surface area contributed by atoms with Gasteiger partial charge < -0.3 is 9.64 Å². The Balaban J connectivity index is 1.81. The highest BCUT2D eigenvalue weighted by Crippen LogP contribution is 2.26. The molecule has 0 bridgehead atoms. The van der Waals surface area contributed by atoms with E-state index in [1.165, 1.54) is 17.0 Å². The van der Waals surface area contributed by atoms with Crippen molar-refractivity contribution in [1.29, 1.82) is 0 Å². The lowest BCUT2D eigenvalue weighted by Crippen LogP contribution is -2.43. The number of benzene rings is 2. The van der Waals surface area contributed by atoms with Gasteiger partial charge in [0.25, 0.3) is 5.91 Å². The molecule has 1 unspecified atom stereocenters. The zero-order chi connectivity index (χ0) is 21.2. The number of nitrogens with zero attached hydrogens (tertiary/aromatic N) is 1. The number of ether oxygens (including phenoxy) is 1. The smallest absolute Gasteiger partial charge is 0.261 e. The second-order valence-corrected chi connectivity index (χ2v) is 10.0. The fourth-order valence-electron chi connectivity index (χ4n) is 3.54. The van der Waals surface area contributed by atoms with Crippen LogP contribution in [0.1, 0.15) is 23.1 Å². The van der Waals surface area contributed by atoms with Crippen LogP contribution in [0.3, 0.4) is 0 Å². The van der Waals surface area contributed by atoms with Crippen LogP contribution in [0.5, 0.6) is 5.75 Å². The van der Waals surface area contributed by atoms with E-state index in [1.54, 1.807) is 6.07 Å².